The van der Waals surface area contributed by atoms with Crippen molar-refractivity contribution >= 4 is 17.4 Å². The van der Waals surface area contributed by atoms with Crippen LogP contribution >= 0.6 is 11.3 Å². The van der Waals surface area contributed by atoms with Gasteiger partial charge >= 0.3 is 6.03 Å². The molecular formula is C12H20N2O2S. The molecule has 0 aliphatic rings. The summed E-state index contributed by atoms with van der Waals surface area (Å²) in [5.41, 5.74) is 0.670. The number of urea groups is 1. The first-order chi connectivity index (χ1) is 7.88. The zero-order chi connectivity index (χ0) is 12.9. The Morgan fingerprint density at radius 1 is 1.53 bits per heavy atom. The molecule has 1 atom stereocenters. The van der Waals surface area contributed by atoms with E-state index in [1.54, 1.807) is 11.3 Å². The van der Waals surface area contributed by atoms with Crippen molar-refractivity contribution in [3.8, 4) is 0 Å². The molecule has 5 heteroatoms. The largest absolute Gasteiger partial charge is 0.388 e. The third kappa shape index (κ3) is 5.70. The first kappa shape index (κ1) is 14.0. The van der Waals surface area contributed by atoms with Gasteiger partial charge in [0.05, 0.1) is 6.10 Å². The number of carbonyl (C=O) groups excluding carboxylic acids is 1. The molecule has 0 saturated carbocycles. The Balaban J connectivity index is 2.22. The summed E-state index contributed by atoms with van der Waals surface area (Å²) in [5.74, 6) is 0. The highest BCUT2D eigenvalue weighted by Gasteiger charge is 2.13. The highest BCUT2D eigenvalue weighted by molar-refractivity contribution is 7.07. The number of aliphatic hydroxyl groups is 1. The van der Waals surface area contributed by atoms with Crippen molar-refractivity contribution in [1.29, 1.82) is 0 Å². The van der Waals surface area contributed by atoms with E-state index in [0.717, 1.165) is 5.56 Å². The maximum absolute atomic E-state index is 11.4. The van der Waals surface area contributed by atoms with E-state index in [1.807, 2.05) is 37.6 Å². The molecule has 1 rings (SSSR count). The van der Waals surface area contributed by atoms with Gasteiger partial charge in [0.25, 0.3) is 0 Å². The number of hydrogen-bond donors (Lipinski definition) is 3. The zero-order valence-electron chi connectivity index (χ0n) is 10.5. The van der Waals surface area contributed by atoms with Crippen LogP contribution < -0.4 is 10.6 Å². The number of nitrogens with one attached hydrogen (secondary N) is 2. The number of hydrogen-bond acceptors (Lipinski definition) is 3. The maximum atomic E-state index is 11.4. The third-order valence-electron chi connectivity index (χ3n) is 2.12. The lowest BCUT2D eigenvalue weighted by atomic mass is 10.1. The van der Waals surface area contributed by atoms with Crippen LogP contribution in [0.25, 0.3) is 0 Å². The van der Waals surface area contributed by atoms with Gasteiger partial charge in [-0.1, -0.05) is 0 Å². The fourth-order valence-corrected chi connectivity index (χ4v) is 2.05. The van der Waals surface area contributed by atoms with Gasteiger partial charge in [0.1, 0.15) is 0 Å². The summed E-state index contributed by atoms with van der Waals surface area (Å²) < 4.78 is 0. The lowest BCUT2D eigenvalue weighted by Gasteiger charge is -2.21. The van der Waals surface area contributed by atoms with E-state index in [2.05, 4.69) is 10.6 Å². The minimum Gasteiger partial charge on any atom is -0.388 e. The molecule has 1 heterocycles. The molecule has 0 spiro atoms. The van der Waals surface area contributed by atoms with Gasteiger partial charge in [0, 0.05) is 12.1 Å². The van der Waals surface area contributed by atoms with Crippen LogP contribution in [0, 0.1) is 0 Å². The summed E-state index contributed by atoms with van der Waals surface area (Å²) in [6.07, 6.45) is 0.0186. The van der Waals surface area contributed by atoms with Crippen molar-refractivity contribution in [2.75, 3.05) is 6.54 Å². The van der Waals surface area contributed by atoms with Crippen LogP contribution in [0.1, 0.15) is 38.9 Å². The number of rotatable bonds is 4. The summed E-state index contributed by atoms with van der Waals surface area (Å²) in [5, 5.41) is 19.2. The molecule has 0 saturated heterocycles. The van der Waals surface area contributed by atoms with Gasteiger partial charge in [0.2, 0.25) is 0 Å². The van der Waals surface area contributed by atoms with Gasteiger partial charge in [-0.3, -0.25) is 0 Å². The molecule has 0 fully saturated rings. The molecule has 4 nitrogen and oxygen atoms in total. The van der Waals surface area contributed by atoms with Gasteiger partial charge in [-0.15, -0.1) is 0 Å². The number of amides is 2. The predicted molar refractivity (Wildman–Crippen MR) is 70.2 cm³/mol. The van der Waals surface area contributed by atoms with Gasteiger partial charge in [-0.05, 0) is 49.6 Å². The van der Waals surface area contributed by atoms with Crippen molar-refractivity contribution in [3.63, 3.8) is 0 Å². The van der Waals surface area contributed by atoms with E-state index in [0.29, 0.717) is 13.0 Å². The highest BCUT2D eigenvalue weighted by Crippen LogP contribution is 2.18. The predicted octanol–water partition coefficient (Wildman–Crippen LogP) is 2.27. The van der Waals surface area contributed by atoms with Crippen molar-refractivity contribution in [3.05, 3.63) is 22.4 Å². The molecule has 1 aromatic heterocycles. The Labute approximate surface area is 106 Å². The van der Waals surface area contributed by atoms with Crippen molar-refractivity contribution in [2.24, 2.45) is 0 Å². The fraction of sp³-hybridized carbons (Fsp3) is 0.583. The summed E-state index contributed by atoms with van der Waals surface area (Å²) in [6, 6.07) is 1.69. The lowest BCUT2D eigenvalue weighted by Crippen LogP contribution is -2.46. The quantitative estimate of drug-likeness (QED) is 0.774. The smallest absolute Gasteiger partial charge is 0.315 e. The first-order valence-corrected chi connectivity index (χ1v) is 6.59. The fourth-order valence-electron chi connectivity index (χ4n) is 1.34. The van der Waals surface area contributed by atoms with E-state index in [-0.39, 0.29) is 11.6 Å². The molecule has 96 valence electrons. The minimum absolute atomic E-state index is 0.199. The third-order valence-corrected chi connectivity index (χ3v) is 2.82. The Hall–Kier alpha value is -1.07. The van der Waals surface area contributed by atoms with Crippen LogP contribution in [0.5, 0.6) is 0 Å². The Bertz CT molecular complexity index is 344. The Kier molecular flexibility index (Phi) is 4.96. The van der Waals surface area contributed by atoms with Crippen LogP contribution in [0.2, 0.25) is 0 Å². The van der Waals surface area contributed by atoms with Gasteiger partial charge < -0.3 is 15.7 Å². The summed E-state index contributed by atoms with van der Waals surface area (Å²) in [6.45, 7) is 6.23. The molecule has 0 radical (unpaired) electrons. The summed E-state index contributed by atoms with van der Waals surface area (Å²) in [7, 11) is 0. The topological polar surface area (TPSA) is 61.4 Å². The Morgan fingerprint density at radius 3 is 2.76 bits per heavy atom. The molecular weight excluding hydrogens is 236 g/mol. The molecule has 0 bridgehead atoms. The average molecular weight is 256 g/mol. The van der Waals surface area contributed by atoms with E-state index in [1.165, 1.54) is 0 Å². The normalized spacial score (nSPS) is 13.2. The molecule has 3 N–H and O–H groups in total. The molecule has 1 unspecified atom stereocenters. The van der Waals surface area contributed by atoms with Crippen molar-refractivity contribution < 1.29 is 9.90 Å². The van der Waals surface area contributed by atoms with E-state index in [9.17, 15) is 9.90 Å². The second-order valence-electron chi connectivity index (χ2n) is 4.99. The van der Waals surface area contributed by atoms with Gasteiger partial charge in [-0.2, -0.15) is 11.3 Å². The maximum Gasteiger partial charge on any atom is 0.315 e. The van der Waals surface area contributed by atoms with Crippen LogP contribution in [0.4, 0.5) is 4.79 Å². The Morgan fingerprint density at radius 2 is 2.24 bits per heavy atom. The second kappa shape index (κ2) is 6.02. The van der Waals surface area contributed by atoms with Crippen LogP contribution in [-0.2, 0) is 0 Å². The number of carbonyl (C=O) groups is 1. The molecule has 0 aliphatic carbocycles. The molecule has 1 aromatic rings. The summed E-state index contributed by atoms with van der Waals surface area (Å²) >= 11 is 1.56. The average Bonchev–Trinajstić information content (AvgIpc) is 2.66. The van der Waals surface area contributed by atoms with E-state index >= 15 is 0 Å². The van der Waals surface area contributed by atoms with Crippen LogP contribution in [-0.4, -0.2) is 23.2 Å². The molecule has 17 heavy (non-hydrogen) atoms. The molecule has 2 amide bonds. The second-order valence-corrected chi connectivity index (χ2v) is 5.77. The standard InChI is InChI=1S/C12H20N2O2S/c1-12(2,3)14-11(16)13-6-4-10(15)9-5-7-17-8-9/h5,7-8,10,15H,4,6H2,1-3H3,(H2,13,14,16). The minimum atomic E-state index is -0.504. The van der Waals surface area contributed by atoms with Gasteiger partial charge in [0.15, 0.2) is 0 Å². The zero-order valence-corrected chi connectivity index (χ0v) is 11.3. The molecule has 0 aliphatic heterocycles. The molecule has 0 aromatic carbocycles. The first-order valence-electron chi connectivity index (χ1n) is 5.64. The highest BCUT2D eigenvalue weighted by atomic mass is 32.1. The lowest BCUT2D eigenvalue weighted by molar-refractivity contribution is 0.167. The van der Waals surface area contributed by atoms with E-state index in [4.69, 9.17) is 0 Å². The number of aliphatic hydroxyl groups excluding tert-OH is 1. The van der Waals surface area contributed by atoms with Crippen molar-refractivity contribution in [2.45, 2.75) is 38.8 Å². The van der Waals surface area contributed by atoms with Crippen molar-refractivity contribution in [1.82, 2.24) is 10.6 Å². The SMILES string of the molecule is CC(C)(C)NC(=O)NCCC(O)c1ccsc1. The van der Waals surface area contributed by atoms with Crippen LogP contribution in [0.15, 0.2) is 16.8 Å². The number of thiophene rings is 1. The van der Waals surface area contributed by atoms with Crippen LogP contribution in [0.3, 0.4) is 0 Å². The van der Waals surface area contributed by atoms with Gasteiger partial charge in [-0.25, -0.2) is 4.79 Å². The monoisotopic (exact) mass is 256 g/mol. The summed E-state index contributed by atoms with van der Waals surface area (Å²) in [4.78, 5) is 11.4. The van der Waals surface area contributed by atoms with E-state index < -0.39 is 6.10 Å².